The van der Waals surface area contributed by atoms with Gasteiger partial charge in [0, 0.05) is 37.1 Å². The number of hydrogen-bond acceptors (Lipinski definition) is 2. The molecule has 2 rings (SSSR count). The van der Waals surface area contributed by atoms with E-state index in [1.54, 1.807) is 11.6 Å². The monoisotopic (exact) mass is 295 g/mol. The summed E-state index contributed by atoms with van der Waals surface area (Å²) in [6.45, 7) is 4.72. The van der Waals surface area contributed by atoms with Crippen LogP contribution < -0.4 is 5.56 Å². The largest absolute Gasteiger partial charge is 0.330 e. The molecule has 0 atom stereocenters. The Morgan fingerprint density at radius 1 is 1.41 bits per heavy atom. The van der Waals surface area contributed by atoms with E-state index in [9.17, 15) is 4.79 Å². The fraction of sp³-hybridized carbons (Fsp3) is 0.333. The van der Waals surface area contributed by atoms with Gasteiger partial charge < -0.3 is 9.13 Å². The van der Waals surface area contributed by atoms with Gasteiger partial charge in [0.05, 0.1) is 0 Å². The second-order valence-corrected chi connectivity index (χ2v) is 4.81. The molecule has 0 amide bonds. The van der Waals surface area contributed by atoms with Crippen LogP contribution in [-0.2, 0) is 13.6 Å². The van der Waals surface area contributed by atoms with Crippen molar-refractivity contribution in [2.75, 3.05) is 0 Å². The van der Waals surface area contributed by atoms with Gasteiger partial charge in [-0.3, -0.25) is 4.79 Å². The molecule has 0 fully saturated rings. The minimum Gasteiger partial charge on any atom is -0.330 e. The molecule has 0 N–H and O–H groups in total. The number of halogens is 1. The summed E-state index contributed by atoms with van der Waals surface area (Å²) in [5.74, 6) is 0.873. The topological polar surface area (TPSA) is 39.8 Å². The SMILES string of the molecule is CCn1cc(Br)nc1-c1cc(C)c(=O)n(C)c1. The van der Waals surface area contributed by atoms with E-state index in [2.05, 4.69) is 27.8 Å². The summed E-state index contributed by atoms with van der Waals surface area (Å²) in [5.41, 5.74) is 1.71. The molecule has 0 unspecified atom stereocenters. The molecule has 2 aromatic rings. The Morgan fingerprint density at radius 3 is 2.71 bits per heavy atom. The van der Waals surface area contributed by atoms with Crippen LogP contribution in [-0.4, -0.2) is 14.1 Å². The highest BCUT2D eigenvalue weighted by atomic mass is 79.9. The number of aryl methyl sites for hydroxylation is 3. The summed E-state index contributed by atoms with van der Waals surface area (Å²) in [7, 11) is 1.76. The molecule has 0 aliphatic heterocycles. The molecule has 2 aromatic heterocycles. The first-order valence-corrected chi connectivity index (χ1v) is 6.22. The quantitative estimate of drug-likeness (QED) is 0.853. The van der Waals surface area contributed by atoms with Gasteiger partial charge in [-0.15, -0.1) is 0 Å². The van der Waals surface area contributed by atoms with Crippen molar-refractivity contribution in [2.45, 2.75) is 20.4 Å². The van der Waals surface area contributed by atoms with E-state index in [1.165, 1.54) is 0 Å². The third kappa shape index (κ3) is 2.20. The first-order chi connectivity index (χ1) is 8.02. The van der Waals surface area contributed by atoms with Gasteiger partial charge in [-0.1, -0.05) is 0 Å². The zero-order valence-corrected chi connectivity index (χ0v) is 11.7. The van der Waals surface area contributed by atoms with Gasteiger partial charge in [0.2, 0.25) is 0 Å². The van der Waals surface area contributed by atoms with Crippen molar-refractivity contribution in [1.82, 2.24) is 14.1 Å². The zero-order valence-electron chi connectivity index (χ0n) is 10.1. The van der Waals surface area contributed by atoms with Gasteiger partial charge in [-0.25, -0.2) is 4.98 Å². The normalized spacial score (nSPS) is 10.8. The molecular weight excluding hydrogens is 282 g/mol. The van der Waals surface area contributed by atoms with Gasteiger partial charge in [-0.05, 0) is 35.8 Å². The van der Waals surface area contributed by atoms with Gasteiger partial charge in [-0.2, -0.15) is 0 Å². The molecule has 0 aliphatic carbocycles. The Balaban J connectivity index is 2.64. The first kappa shape index (κ1) is 12.1. The number of aromatic nitrogens is 3. The number of nitrogens with zero attached hydrogens (tertiary/aromatic N) is 3. The molecule has 0 radical (unpaired) electrons. The molecule has 2 heterocycles. The molecule has 5 heteroatoms. The Morgan fingerprint density at radius 2 is 2.12 bits per heavy atom. The molecule has 4 nitrogen and oxygen atoms in total. The van der Waals surface area contributed by atoms with Crippen LogP contribution in [0, 0.1) is 6.92 Å². The highest BCUT2D eigenvalue weighted by molar-refractivity contribution is 9.10. The third-order valence-corrected chi connectivity index (χ3v) is 3.09. The van der Waals surface area contributed by atoms with Crippen LogP contribution in [0.2, 0.25) is 0 Å². The van der Waals surface area contributed by atoms with Crippen LogP contribution in [0.25, 0.3) is 11.4 Å². The van der Waals surface area contributed by atoms with Crippen LogP contribution >= 0.6 is 15.9 Å². The average molecular weight is 296 g/mol. The Bertz CT molecular complexity index is 586. The predicted molar refractivity (Wildman–Crippen MR) is 71.0 cm³/mol. The number of hydrogen-bond donors (Lipinski definition) is 0. The van der Waals surface area contributed by atoms with E-state index in [0.29, 0.717) is 0 Å². The average Bonchev–Trinajstić information content (AvgIpc) is 2.66. The summed E-state index contributed by atoms with van der Waals surface area (Å²) < 4.78 is 4.44. The Labute approximate surface area is 108 Å². The van der Waals surface area contributed by atoms with Crippen LogP contribution in [0.5, 0.6) is 0 Å². The van der Waals surface area contributed by atoms with E-state index in [-0.39, 0.29) is 5.56 Å². The van der Waals surface area contributed by atoms with E-state index in [4.69, 9.17) is 0 Å². The van der Waals surface area contributed by atoms with Crippen molar-refractivity contribution < 1.29 is 0 Å². The maximum Gasteiger partial charge on any atom is 0.253 e. The molecule has 90 valence electrons. The van der Waals surface area contributed by atoms with E-state index < -0.39 is 0 Å². The second-order valence-electron chi connectivity index (χ2n) is 4.00. The summed E-state index contributed by atoms with van der Waals surface area (Å²) in [4.78, 5) is 16.1. The van der Waals surface area contributed by atoms with Crippen molar-refractivity contribution in [3.8, 4) is 11.4 Å². The van der Waals surface area contributed by atoms with E-state index >= 15 is 0 Å². The van der Waals surface area contributed by atoms with E-state index in [1.807, 2.05) is 30.0 Å². The minimum absolute atomic E-state index is 0.0300. The lowest BCUT2D eigenvalue weighted by Gasteiger charge is -2.07. The maximum absolute atomic E-state index is 11.6. The molecule has 0 aromatic carbocycles. The van der Waals surface area contributed by atoms with Crippen molar-refractivity contribution in [3.63, 3.8) is 0 Å². The standard InChI is InChI=1S/C12H14BrN3O/c1-4-16-7-10(13)14-11(16)9-5-8(2)12(17)15(3)6-9/h5-7H,4H2,1-3H3. The van der Waals surface area contributed by atoms with E-state index in [0.717, 1.165) is 28.1 Å². The minimum atomic E-state index is 0.0300. The van der Waals surface area contributed by atoms with Crippen molar-refractivity contribution >= 4 is 15.9 Å². The molecule has 0 saturated carbocycles. The summed E-state index contributed by atoms with van der Waals surface area (Å²) in [5, 5.41) is 0. The fourth-order valence-electron chi connectivity index (χ4n) is 1.86. The van der Waals surface area contributed by atoms with Crippen LogP contribution in [0.3, 0.4) is 0 Å². The summed E-state index contributed by atoms with van der Waals surface area (Å²) in [6, 6.07) is 1.88. The molecular formula is C12H14BrN3O. The first-order valence-electron chi connectivity index (χ1n) is 5.43. The van der Waals surface area contributed by atoms with Gasteiger partial charge >= 0.3 is 0 Å². The number of imidazole rings is 1. The van der Waals surface area contributed by atoms with Crippen LogP contribution in [0.1, 0.15) is 12.5 Å². The zero-order chi connectivity index (χ0) is 12.6. The summed E-state index contributed by atoms with van der Waals surface area (Å²) >= 11 is 3.37. The van der Waals surface area contributed by atoms with Gasteiger partial charge in [0.1, 0.15) is 10.4 Å². The lowest BCUT2D eigenvalue weighted by molar-refractivity contribution is 0.766. The van der Waals surface area contributed by atoms with Crippen molar-refractivity contribution in [2.24, 2.45) is 7.05 Å². The van der Waals surface area contributed by atoms with Crippen molar-refractivity contribution in [3.05, 3.63) is 39.0 Å². The Hall–Kier alpha value is -1.36. The third-order valence-electron chi connectivity index (χ3n) is 2.71. The van der Waals surface area contributed by atoms with Crippen LogP contribution in [0.15, 0.2) is 27.9 Å². The predicted octanol–water partition coefficient (Wildman–Crippen LogP) is 2.34. The molecule has 0 saturated heterocycles. The fourth-order valence-corrected chi connectivity index (χ4v) is 2.27. The molecule has 0 spiro atoms. The van der Waals surface area contributed by atoms with Gasteiger partial charge in [0.15, 0.2) is 0 Å². The van der Waals surface area contributed by atoms with Gasteiger partial charge in [0.25, 0.3) is 5.56 Å². The maximum atomic E-state index is 11.6. The highest BCUT2D eigenvalue weighted by Crippen LogP contribution is 2.21. The number of rotatable bonds is 2. The second kappa shape index (κ2) is 4.49. The number of pyridine rings is 1. The highest BCUT2D eigenvalue weighted by Gasteiger charge is 2.10. The molecule has 17 heavy (non-hydrogen) atoms. The molecule has 0 bridgehead atoms. The smallest absolute Gasteiger partial charge is 0.253 e. The Kier molecular flexibility index (Phi) is 3.19. The lowest BCUT2D eigenvalue weighted by Crippen LogP contribution is -2.18. The molecule has 0 aliphatic rings. The van der Waals surface area contributed by atoms with Crippen LogP contribution in [0.4, 0.5) is 0 Å². The van der Waals surface area contributed by atoms with Crippen molar-refractivity contribution in [1.29, 1.82) is 0 Å². The lowest BCUT2D eigenvalue weighted by atomic mass is 10.2. The summed E-state index contributed by atoms with van der Waals surface area (Å²) in [6.07, 6.45) is 3.76.